The molecule has 1 amide bonds. The van der Waals surface area contributed by atoms with Crippen molar-refractivity contribution in [2.24, 2.45) is 0 Å². The molecule has 0 aliphatic heterocycles. The van der Waals surface area contributed by atoms with Gasteiger partial charge in [-0.3, -0.25) is 9.59 Å². The smallest absolute Gasteiger partial charge is 0.256 e. The molecule has 2 aromatic heterocycles. The zero-order valence-corrected chi connectivity index (χ0v) is 15.2. The first kappa shape index (κ1) is 18.3. The van der Waals surface area contributed by atoms with E-state index in [-0.39, 0.29) is 22.9 Å². The third kappa shape index (κ3) is 3.70. The summed E-state index contributed by atoms with van der Waals surface area (Å²) >= 11 is 0. The van der Waals surface area contributed by atoms with Gasteiger partial charge in [0.1, 0.15) is 11.2 Å². The Hall–Kier alpha value is -2.48. The van der Waals surface area contributed by atoms with Gasteiger partial charge in [-0.2, -0.15) is 4.98 Å². The van der Waals surface area contributed by atoms with Crippen LogP contribution in [0.3, 0.4) is 0 Å². The number of hydrogen-bond acceptors (Lipinski definition) is 6. The highest BCUT2D eigenvalue weighted by atomic mass is 16.5. The summed E-state index contributed by atoms with van der Waals surface area (Å²) in [4.78, 5) is 33.7. The molecule has 0 atom stereocenters. The molecule has 0 aromatic carbocycles. The number of rotatable bonds is 6. The van der Waals surface area contributed by atoms with Crippen LogP contribution in [0.15, 0.2) is 17.2 Å². The molecule has 2 heterocycles. The Kier molecular flexibility index (Phi) is 5.82. The molecule has 140 valence electrons. The first-order chi connectivity index (χ1) is 12.7. The van der Waals surface area contributed by atoms with Crippen molar-refractivity contribution >= 4 is 22.9 Å². The highest BCUT2D eigenvalue weighted by Gasteiger charge is 2.22. The predicted octanol–water partition coefficient (Wildman–Crippen LogP) is 1.71. The molecule has 1 fully saturated rings. The first-order valence-electron chi connectivity index (χ1n) is 9.02. The number of carbonyl (C=O) groups excluding carboxylic acids is 1. The number of hydrogen-bond donors (Lipinski definition) is 2. The summed E-state index contributed by atoms with van der Waals surface area (Å²) in [5.74, 6) is 0.0648. The number of carbonyl (C=O) groups is 1. The Morgan fingerprint density at radius 1 is 1.35 bits per heavy atom. The molecule has 0 bridgehead atoms. The van der Waals surface area contributed by atoms with Crippen LogP contribution >= 0.6 is 0 Å². The van der Waals surface area contributed by atoms with Crippen LogP contribution in [0.2, 0.25) is 0 Å². The number of anilines is 1. The maximum Gasteiger partial charge on any atom is 0.256 e. The van der Waals surface area contributed by atoms with E-state index in [4.69, 9.17) is 4.74 Å². The number of nitrogens with zero attached hydrogens (tertiary/aromatic N) is 3. The summed E-state index contributed by atoms with van der Waals surface area (Å²) in [6.45, 7) is 1.11. The Morgan fingerprint density at radius 2 is 2.12 bits per heavy atom. The van der Waals surface area contributed by atoms with Gasteiger partial charge < -0.3 is 19.9 Å². The second-order valence-electron chi connectivity index (χ2n) is 6.50. The molecule has 8 nitrogen and oxygen atoms in total. The summed E-state index contributed by atoms with van der Waals surface area (Å²) in [5.41, 5.74) is 0.369. The highest BCUT2D eigenvalue weighted by Crippen LogP contribution is 2.30. The molecule has 1 aliphatic carbocycles. The van der Waals surface area contributed by atoms with Crippen molar-refractivity contribution in [1.29, 1.82) is 0 Å². The normalized spacial score (nSPS) is 15.2. The van der Waals surface area contributed by atoms with Crippen molar-refractivity contribution in [3.05, 3.63) is 28.2 Å². The average Bonchev–Trinajstić information content (AvgIpc) is 2.68. The summed E-state index contributed by atoms with van der Waals surface area (Å²) in [6, 6.07) is 0.233. The Labute approximate surface area is 152 Å². The lowest BCUT2D eigenvalue weighted by Crippen LogP contribution is -2.29. The van der Waals surface area contributed by atoms with Crippen LogP contribution in [0.25, 0.3) is 11.0 Å². The molecule has 3 rings (SSSR count). The molecule has 1 saturated carbocycles. The molecular formula is C18H25N5O3. The van der Waals surface area contributed by atoms with Gasteiger partial charge in [-0.05, 0) is 12.8 Å². The van der Waals surface area contributed by atoms with Crippen molar-refractivity contribution < 1.29 is 9.53 Å². The van der Waals surface area contributed by atoms with Gasteiger partial charge in [-0.1, -0.05) is 19.3 Å². The number of methoxy groups -OCH3 is 1. The van der Waals surface area contributed by atoms with Crippen molar-refractivity contribution in [3.8, 4) is 0 Å². The SMILES string of the molecule is CNC(=O)c1cn(C2CCCCC2)c2nc(NCCOC)ncc2c1=O. The van der Waals surface area contributed by atoms with Crippen LogP contribution in [-0.4, -0.2) is 47.8 Å². The fourth-order valence-electron chi connectivity index (χ4n) is 3.42. The van der Waals surface area contributed by atoms with Crippen molar-refractivity contribution in [1.82, 2.24) is 19.9 Å². The molecule has 8 heteroatoms. The molecule has 2 aromatic rings. The second kappa shape index (κ2) is 8.27. The van der Waals surface area contributed by atoms with Gasteiger partial charge in [0.2, 0.25) is 11.4 Å². The molecule has 1 aliphatic rings. The number of amides is 1. The van der Waals surface area contributed by atoms with Crippen LogP contribution < -0.4 is 16.1 Å². The molecule has 26 heavy (non-hydrogen) atoms. The number of nitrogens with one attached hydrogen (secondary N) is 2. The minimum atomic E-state index is -0.385. The summed E-state index contributed by atoms with van der Waals surface area (Å²) in [6.07, 6.45) is 8.69. The van der Waals surface area contributed by atoms with Crippen molar-refractivity contribution in [3.63, 3.8) is 0 Å². The lowest BCUT2D eigenvalue weighted by molar-refractivity contribution is 0.0961. The van der Waals surface area contributed by atoms with Gasteiger partial charge in [0.05, 0.1) is 12.0 Å². The number of ether oxygens (including phenoxy) is 1. The van der Waals surface area contributed by atoms with E-state index in [1.165, 1.54) is 19.7 Å². The third-order valence-electron chi connectivity index (χ3n) is 4.80. The van der Waals surface area contributed by atoms with E-state index in [2.05, 4.69) is 20.6 Å². The molecule has 0 spiro atoms. The van der Waals surface area contributed by atoms with Gasteiger partial charge in [-0.25, -0.2) is 4.98 Å². The zero-order chi connectivity index (χ0) is 18.5. The predicted molar refractivity (Wildman–Crippen MR) is 99.7 cm³/mol. The third-order valence-corrected chi connectivity index (χ3v) is 4.80. The van der Waals surface area contributed by atoms with E-state index in [0.717, 1.165) is 25.7 Å². The largest absolute Gasteiger partial charge is 0.383 e. The van der Waals surface area contributed by atoms with E-state index < -0.39 is 0 Å². The van der Waals surface area contributed by atoms with E-state index in [1.54, 1.807) is 13.3 Å². The summed E-state index contributed by atoms with van der Waals surface area (Å²) < 4.78 is 7.02. The van der Waals surface area contributed by atoms with Crippen LogP contribution in [-0.2, 0) is 4.74 Å². The summed E-state index contributed by atoms with van der Waals surface area (Å²) in [7, 11) is 3.15. The lowest BCUT2D eigenvalue weighted by atomic mass is 9.95. The van der Waals surface area contributed by atoms with Crippen LogP contribution in [0, 0.1) is 0 Å². The standard InChI is InChI=1S/C18H25N5O3/c1-19-17(25)14-11-23(12-6-4-3-5-7-12)16-13(15(14)24)10-21-18(22-16)20-8-9-26-2/h10-12H,3-9H2,1-2H3,(H,19,25)(H,20,21,22). The fourth-order valence-corrected chi connectivity index (χ4v) is 3.42. The number of aromatic nitrogens is 3. The molecular weight excluding hydrogens is 334 g/mol. The van der Waals surface area contributed by atoms with Crippen molar-refractivity contribution in [2.45, 2.75) is 38.1 Å². The van der Waals surface area contributed by atoms with Crippen LogP contribution in [0.5, 0.6) is 0 Å². The van der Waals surface area contributed by atoms with Gasteiger partial charge in [0.25, 0.3) is 5.91 Å². The molecule has 0 radical (unpaired) electrons. The molecule has 0 saturated heterocycles. The van der Waals surface area contributed by atoms with E-state index in [9.17, 15) is 9.59 Å². The zero-order valence-electron chi connectivity index (χ0n) is 15.2. The summed E-state index contributed by atoms with van der Waals surface area (Å²) in [5, 5.41) is 6.01. The van der Waals surface area contributed by atoms with Crippen LogP contribution in [0.1, 0.15) is 48.5 Å². The van der Waals surface area contributed by atoms with Crippen molar-refractivity contribution in [2.75, 3.05) is 32.6 Å². The topological polar surface area (TPSA) is 98.1 Å². The quantitative estimate of drug-likeness (QED) is 0.762. The van der Waals surface area contributed by atoms with Gasteiger partial charge in [-0.15, -0.1) is 0 Å². The van der Waals surface area contributed by atoms with E-state index in [0.29, 0.717) is 30.1 Å². The molecule has 0 unspecified atom stereocenters. The number of fused-ring (bicyclic) bond motifs is 1. The Balaban J connectivity index is 2.11. The monoisotopic (exact) mass is 359 g/mol. The van der Waals surface area contributed by atoms with Gasteiger partial charge >= 0.3 is 0 Å². The maximum atomic E-state index is 12.7. The van der Waals surface area contributed by atoms with Gasteiger partial charge in [0.15, 0.2) is 0 Å². The lowest BCUT2D eigenvalue weighted by Gasteiger charge is -2.26. The number of pyridine rings is 1. The van der Waals surface area contributed by atoms with E-state index in [1.807, 2.05) is 4.57 Å². The second-order valence-corrected chi connectivity index (χ2v) is 6.50. The van der Waals surface area contributed by atoms with Crippen LogP contribution in [0.4, 0.5) is 5.95 Å². The van der Waals surface area contributed by atoms with Gasteiger partial charge in [0, 0.05) is 39.1 Å². The molecule has 2 N–H and O–H groups in total. The Morgan fingerprint density at radius 3 is 2.81 bits per heavy atom. The fraction of sp³-hybridized carbons (Fsp3) is 0.556. The minimum absolute atomic E-state index is 0.134. The maximum absolute atomic E-state index is 12.7. The minimum Gasteiger partial charge on any atom is -0.383 e. The average molecular weight is 359 g/mol. The first-order valence-corrected chi connectivity index (χ1v) is 9.02. The Bertz CT molecular complexity index is 843. The highest BCUT2D eigenvalue weighted by molar-refractivity contribution is 5.96. The van der Waals surface area contributed by atoms with E-state index >= 15 is 0 Å².